The van der Waals surface area contributed by atoms with Crippen molar-refractivity contribution in [2.45, 2.75) is 64.5 Å². The average molecular weight is 442 g/mol. The van der Waals surface area contributed by atoms with Crippen molar-refractivity contribution < 1.29 is 23.8 Å². The number of rotatable bonds is 9. The Kier molecular flexibility index (Phi) is 7.19. The summed E-state index contributed by atoms with van der Waals surface area (Å²) in [5, 5.41) is 0. The smallest absolute Gasteiger partial charge is 0.290 e. The fourth-order valence-corrected chi connectivity index (χ4v) is 5.04. The molecule has 2 heterocycles. The first-order chi connectivity index (χ1) is 15.5. The number of ketones is 1. The molecule has 6 heteroatoms. The van der Waals surface area contributed by atoms with Crippen LogP contribution in [0.4, 0.5) is 0 Å². The van der Waals surface area contributed by atoms with E-state index >= 15 is 0 Å². The van der Waals surface area contributed by atoms with E-state index in [1.54, 1.807) is 12.0 Å². The van der Waals surface area contributed by atoms with Crippen LogP contribution in [0.15, 0.2) is 35.6 Å². The number of fused-ring (bicyclic) bond motifs is 1. The maximum absolute atomic E-state index is 13.6. The summed E-state index contributed by atoms with van der Waals surface area (Å²) < 4.78 is 17.4. The quantitative estimate of drug-likeness (QED) is 0.530. The lowest BCUT2D eigenvalue weighted by Crippen LogP contribution is -2.39. The summed E-state index contributed by atoms with van der Waals surface area (Å²) in [6.07, 6.45) is 5.27. The van der Waals surface area contributed by atoms with E-state index in [1.165, 1.54) is 0 Å². The van der Waals surface area contributed by atoms with Crippen LogP contribution in [0.5, 0.6) is 5.75 Å². The van der Waals surface area contributed by atoms with Crippen LogP contribution in [0.2, 0.25) is 0 Å². The largest absolute Gasteiger partial charge is 0.494 e. The highest BCUT2D eigenvalue weighted by molar-refractivity contribution is 6.11. The zero-order chi connectivity index (χ0) is 22.7. The predicted octanol–water partition coefficient (Wildman–Crippen LogP) is 4.44. The molecule has 0 aromatic heterocycles. The minimum absolute atomic E-state index is 0.0923. The number of benzene rings is 1. The maximum Gasteiger partial charge on any atom is 0.290 e. The van der Waals surface area contributed by atoms with Crippen molar-refractivity contribution in [2.24, 2.45) is 11.8 Å². The SMILES string of the molecule is COCCCN1C(=O)C2=C(C(=O)C3CCCCC3O2)C1c1cccc(OCCC(C)C)c1. The van der Waals surface area contributed by atoms with Crippen molar-refractivity contribution in [1.82, 2.24) is 4.90 Å². The second-order valence-corrected chi connectivity index (χ2v) is 9.51. The molecule has 6 nitrogen and oxygen atoms in total. The van der Waals surface area contributed by atoms with Gasteiger partial charge < -0.3 is 19.1 Å². The Balaban J connectivity index is 1.65. The lowest BCUT2D eigenvalue weighted by atomic mass is 9.77. The van der Waals surface area contributed by atoms with E-state index < -0.39 is 6.04 Å². The predicted molar refractivity (Wildman–Crippen MR) is 121 cm³/mol. The molecule has 1 saturated carbocycles. The second-order valence-electron chi connectivity index (χ2n) is 9.51. The minimum Gasteiger partial charge on any atom is -0.494 e. The van der Waals surface area contributed by atoms with Gasteiger partial charge in [0.05, 0.1) is 24.1 Å². The number of carbonyl (C=O) groups is 2. The van der Waals surface area contributed by atoms with Gasteiger partial charge in [-0.15, -0.1) is 0 Å². The molecule has 1 fully saturated rings. The van der Waals surface area contributed by atoms with E-state index in [4.69, 9.17) is 14.2 Å². The summed E-state index contributed by atoms with van der Waals surface area (Å²) in [5.41, 5.74) is 1.43. The molecular formula is C26H35NO5. The van der Waals surface area contributed by atoms with Gasteiger partial charge in [0.1, 0.15) is 11.9 Å². The van der Waals surface area contributed by atoms with Crippen LogP contribution in [0, 0.1) is 11.8 Å². The summed E-state index contributed by atoms with van der Waals surface area (Å²) in [6, 6.07) is 7.39. The van der Waals surface area contributed by atoms with E-state index in [9.17, 15) is 9.59 Å². The first-order valence-corrected chi connectivity index (χ1v) is 12.0. The van der Waals surface area contributed by atoms with E-state index in [0.717, 1.165) is 43.4 Å². The van der Waals surface area contributed by atoms with E-state index in [0.29, 0.717) is 37.7 Å². The average Bonchev–Trinajstić information content (AvgIpc) is 3.06. The zero-order valence-corrected chi connectivity index (χ0v) is 19.5. The van der Waals surface area contributed by atoms with E-state index in [2.05, 4.69) is 13.8 Å². The molecule has 0 saturated heterocycles. The molecule has 1 aromatic carbocycles. The van der Waals surface area contributed by atoms with Crippen LogP contribution in [-0.4, -0.2) is 49.6 Å². The van der Waals surface area contributed by atoms with Gasteiger partial charge in [0, 0.05) is 20.3 Å². The molecule has 0 N–H and O–H groups in total. The fourth-order valence-electron chi connectivity index (χ4n) is 5.04. The third-order valence-electron chi connectivity index (χ3n) is 6.74. The molecule has 4 rings (SSSR count). The Bertz CT molecular complexity index is 877. The summed E-state index contributed by atoms with van der Waals surface area (Å²) in [5.74, 6) is 1.38. The molecule has 1 aromatic rings. The Morgan fingerprint density at radius 1 is 1.16 bits per heavy atom. The number of methoxy groups -OCH3 is 1. The van der Waals surface area contributed by atoms with Gasteiger partial charge in [-0.1, -0.05) is 32.4 Å². The fraction of sp³-hybridized carbons (Fsp3) is 0.615. The lowest BCUT2D eigenvalue weighted by Gasteiger charge is -2.35. The highest BCUT2D eigenvalue weighted by atomic mass is 16.5. The number of Topliss-reactive ketones (excluding diaryl/α,β-unsaturated/α-hetero) is 1. The summed E-state index contributed by atoms with van der Waals surface area (Å²) in [6.45, 7) is 6.04. The number of nitrogens with zero attached hydrogens (tertiary/aromatic N) is 1. The molecule has 3 aliphatic rings. The third-order valence-corrected chi connectivity index (χ3v) is 6.74. The molecule has 0 radical (unpaired) electrons. The molecule has 3 atom stereocenters. The molecule has 3 unspecified atom stereocenters. The van der Waals surface area contributed by atoms with Crippen molar-refractivity contribution in [3.05, 3.63) is 41.2 Å². The molecule has 2 aliphatic heterocycles. The van der Waals surface area contributed by atoms with Crippen molar-refractivity contribution >= 4 is 11.7 Å². The van der Waals surface area contributed by atoms with E-state index in [-0.39, 0.29) is 29.5 Å². The Morgan fingerprint density at radius 2 is 1.97 bits per heavy atom. The summed E-state index contributed by atoms with van der Waals surface area (Å²) in [4.78, 5) is 28.8. The molecule has 0 spiro atoms. The van der Waals surface area contributed by atoms with Crippen LogP contribution in [-0.2, 0) is 19.1 Å². The number of ether oxygens (including phenoxy) is 3. The van der Waals surface area contributed by atoms with Crippen LogP contribution < -0.4 is 4.74 Å². The second kappa shape index (κ2) is 10.1. The number of carbonyl (C=O) groups excluding carboxylic acids is 2. The van der Waals surface area contributed by atoms with Gasteiger partial charge in [-0.05, 0) is 55.7 Å². The van der Waals surface area contributed by atoms with E-state index in [1.807, 2.05) is 24.3 Å². The molecule has 0 bridgehead atoms. The van der Waals surface area contributed by atoms with Crippen molar-refractivity contribution in [3.63, 3.8) is 0 Å². The van der Waals surface area contributed by atoms with Gasteiger partial charge in [0.25, 0.3) is 5.91 Å². The topological polar surface area (TPSA) is 65.1 Å². The number of hydrogen-bond donors (Lipinski definition) is 0. The first-order valence-electron chi connectivity index (χ1n) is 12.0. The molecular weight excluding hydrogens is 406 g/mol. The monoisotopic (exact) mass is 441 g/mol. The van der Waals surface area contributed by atoms with Gasteiger partial charge in [-0.3, -0.25) is 9.59 Å². The van der Waals surface area contributed by atoms with Crippen molar-refractivity contribution in [1.29, 1.82) is 0 Å². The highest BCUT2D eigenvalue weighted by Crippen LogP contribution is 2.47. The standard InChI is InChI=1S/C26H35NO5/c1-17(2)12-15-31-19-9-6-8-18(16-19)23-22-24(28)20-10-4-5-11-21(20)32-25(22)26(29)27(23)13-7-14-30-3/h6,8-9,16-17,20-21,23H,4-5,7,10-15H2,1-3H3. The van der Waals surface area contributed by atoms with Gasteiger partial charge in [-0.2, -0.15) is 0 Å². The van der Waals surface area contributed by atoms with Crippen LogP contribution in [0.3, 0.4) is 0 Å². The van der Waals surface area contributed by atoms with Crippen LogP contribution >= 0.6 is 0 Å². The third kappa shape index (κ3) is 4.56. The van der Waals surface area contributed by atoms with Crippen LogP contribution in [0.1, 0.15) is 64.0 Å². The van der Waals surface area contributed by atoms with Crippen LogP contribution in [0.25, 0.3) is 0 Å². The minimum atomic E-state index is -0.432. The molecule has 174 valence electrons. The Labute approximate surface area is 190 Å². The Hall–Kier alpha value is -2.34. The summed E-state index contributed by atoms with van der Waals surface area (Å²) >= 11 is 0. The molecule has 1 aliphatic carbocycles. The molecule has 1 amide bonds. The van der Waals surface area contributed by atoms with Gasteiger partial charge in [-0.25, -0.2) is 0 Å². The van der Waals surface area contributed by atoms with Gasteiger partial charge in [0.2, 0.25) is 0 Å². The highest BCUT2D eigenvalue weighted by Gasteiger charge is 2.51. The van der Waals surface area contributed by atoms with Gasteiger partial charge >= 0.3 is 0 Å². The Morgan fingerprint density at radius 3 is 2.75 bits per heavy atom. The molecule has 32 heavy (non-hydrogen) atoms. The van der Waals surface area contributed by atoms with Gasteiger partial charge in [0.15, 0.2) is 11.5 Å². The number of amides is 1. The maximum atomic E-state index is 13.6. The number of hydrogen-bond acceptors (Lipinski definition) is 5. The normalized spacial score (nSPS) is 25.1. The van der Waals surface area contributed by atoms with Crippen molar-refractivity contribution in [3.8, 4) is 5.75 Å². The zero-order valence-electron chi connectivity index (χ0n) is 19.5. The lowest BCUT2D eigenvalue weighted by molar-refractivity contribution is -0.135. The summed E-state index contributed by atoms with van der Waals surface area (Å²) in [7, 11) is 1.65. The van der Waals surface area contributed by atoms with Crippen molar-refractivity contribution in [2.75, 3.05) is 26.9 Å². The first kappa shape index (κ1) is 22.8.